The van der Waals surface area contributed by atoms with E-state index >= 15 is 0 Å². The first-order valence-corrected chi connectivity index (χ1v) is 7.94. The molecule has 5 aromatic rings. The van der Waals surface area contributed by atoms with E-state index in [1.807, 2.05) is 31.3 Å². The first-order chi connectivity index (χ1) is 12.8. The summed E-state index contributed by atoms with van der Waals surface area (Å²) in [5.41, 5.74) is 1.46. The number of aromatic nitrogens is 7. The second-order valence-corrected chi connectivity index (χ2v) is 5.74. The molecule has 0 fully saturated rings. The molecule has 0 aliphatic carbocycles. The van der Waals surface area contributed by atoms with Crippen LogP contribution in [0.1, 0.15) is 5.82 Å². The molecule has 0 unspecified atom stereocenters. The lowest BCUT2D eigenvalue weighted by Crippen LogP contribution is -2.04. The second-order valence-electron chi connectivity index (χ2n) is 5.74. The average Bonchev–Trinajstić information content (AvgIpc) is 3.40. The maximum absolute atomic E-state index is 5.93. The maximum Gasteiger partial charge on any atom is 0.240 e. The van der Waals surface area contributed by atoms with Gasteiger partial charge < -0.3 is 9.26 Å². The minimum Gasteiger partial charge on any atom is -0.468 e. The van der Waals surface area contributed by atoms with Crippen LogP contribution in [0.2, 0.25) is 0 Å². The van der Waals surface area contributed by atoms with Gasteiger partial charge in [-0.2, -0.15) is 5.10 Å². The Labute approximate surface area is 146 Å². The molecule has 0 atom stereocenters. The Bertz CT molecular complexity index is 1210. The van der Waals surface area contributed by atoms with Crippen LogP contribution in [-0.2, 0) is 13.7 Å². The van der Waals surface area contributed by atoms with Crippen molar-refractivity contribution >= 4 is 16.3 Å². The summed E-state index contributed by atoms with van der Waals surface area (Å²) in [6.07, 6.45) is 4.90. The van der Waals surface area contributed by atoms with Crippen LogP contribution in [0.25, 0.3) is 27.8 Å². The second kappa shape index (κ2) is 5.66. The number of hydrogen-bond donors (Lipinski definition) is 0. The molecule has 26 heavy (non-hydrogen) atoms. The van der Waals surface area contributed by atoms with Crippen LogP contribution >= 0.6 is 0 Å². The van der Waals surface area contributed by atoms with Crippen molar-refractivity contribution < 1.29 is 9.26 Å². The zero-order chi connectivity index (χ0) is 17.5. The van der Waals surface area contributed by atoms with Gasteiger partial charge in [0.15, 0.2) is 23.9 Å². The van der Waals surface area contributed by atoms with Gasteiger partial charge in [0.25, 0.3) is 0 Å². The van der Waals surface area contributed by atoms with Crippen molar-refractivity contribution in [2.75, 3.05) is 0 Å². The number of rotatable bonds is 4. The molecule has 9 heteroatoms. The Balaban J connectivity index is 1.66. The quantitative estimate of drug-likeness (QED) is 0.492. The highest BCUT2D eigenvalue weighted by molar-refractivity contribution is 5.98. The van der Waals surface area contributed by atoms with Crippen molar-refractivity contribution in [3.8, 4) is 17.4 Å². The molecule has 9 nitrogen and oxygen atoms in total. The summed E-state index contributed by atoms with van der Waals surface area (Å²) in [6, 6.07) is 9.62. The molecule has 4 heterocycles. The summed E-state index contributed by atoms with van der Waals surface area (Å²) < 4.78 is 14.2. The third-order valence-corrected chi connectivity index (χ3v) is 4.01. The van der Waals surface area contributed by atoms with Gasteiger partial charge in [-0.25, -0.2) is 14.5 Å². The van der Waals surface area contributed by atoms with Crippen molar-refractivity contribution in [2.45, 2.75) is 6.61 Å². The molecular weight excluding hydrogens is 334 g/mol. The maximum atomic E-state index is 5.93. The fraction of sp³-hybridized carbons (Fsp3) is 0.118. The third kappa shape index (κ3) is 2.29. The molecule has 0 amide bonds. The minimum absolute atomic E-state index is 0.220. The fourth-order valence-electron chi connectivity index (χ4n) is 2.86. The first-order valence-electron chi connectivity index (χ1n) is 7.94. The lowest BCUT2D eigenvalue weighted by Gasteiger charge is -2.09. The van der Waals surface area contributed by atoms with E-state index in [1.165, 1.54) is 6.26 Å². The normalized spacial score (nSPS) is 11.4. The number of aryl methyl sites for hydroxylation is 1. The molecule has 1 aromatic carbocycles. The van der Waals surface area contributed by atoms with Gasteiger partial charge in [0, 0.05) is 23.9 Å². The Kier molecular flexibility index (Phi) is 3.17. The average molecular weight is 347 g/mol. The molecule has 4 aromatic heterocycles. The molecule has 0 aliphatic rings. The minimum atomic E-state index is 0.220. The van der Waals surface area contributed by atoms with Gasteiger partial charge in [-0.15, -0.1) is 5.10 Å². The number of fused-ring (bicyclic) bond motifs is 3. The lowest BCUT2D eigenvalue weighted by molar-refractivity contribution is 0.283. The van der Waals surface area contributed by atoms with Crippen LogP contribution in [0.4, 0.5) is 0 Å². The van der Waals surface area contributed by atoms with E-state index in [9.17, 15) is 0 Å². The largest absolute Gasteiger partial charge is 0.468 e. The van der Waals surface area contributed by atoms with Crippen molar-refractivity contribution in [1.82, 2.24) is 34.5 Å². The van der Waals surface area contributed by atoms with Gasteiger partial charge in [0.1, 0.15) is 12.6 Å². The van der Waals surface area contributed by atoms with Crippen LogP contribution < -0.4 is 4.74 Å². The van der Waals surface area contributed by atoms with E-state index in [1.54, 1.807) is 27.8 Å². The summed E-state index contributed by atoms with van der Waals surface area (Å²) >= 11 is 0. The molecule has 0 saturated heterocycles. The van der Waals surface area contributed by atoms with E-state index in [2.05, 4.69) is 25.3 Å². The Morgan fingerprint density at radius 3 is 2.73 bits per heavy atom. The molecule has 128 valence electrons. The number of hydrogen-bond acceptors (Lipinski definition) is 7. The van der Waals surface area contributed by atoms with E-state index in [4.69, 9.17) is 9.26 Å². The van der Waals surface area contributed by atoms with Crippen molar-refractivity contribution in [1.29, 1.82) is 0 Å². The van der Waals surface area contributed by atoms with E-state index < -0.39 is 0 Å². The van der Waals surface area contributed by atoms with Crippen molar-refractivity contribution in [3.63, 3.8) is 0 Å². The third-order valence-electron chi connectivity index (χ3n) is 4.01. The molecule has 0 radical (unpaired) electrons. The van der Waals surface area contributed by atoms with E-state index in [0.29, 0.717) is 23.2 Å². The van der Waals surface area contributed by atoms with Gasteiger partial charge in [-0.1, -0.05) is 23.4 Å². The molecule has 0 spiro atoms. The molecule has 0 bridgehead atoms. The SMILES string of the molecule is Cn1cnc(COc2nn3c(-c4ccon4)ncc3c3ccccc23)n1. The smallest absolute Gasteiger partial charge is 0.240 e. The molecular formula is C17H13N7O2. The standard InChI is InChI=1S/C17H13N7O2/c1-23-10-19-15(20-23)9-25-17-12-5-3-2-4-11(12)14-8-18-16(24(14)21-17)13-6-7-26-22-13/h2-8,10H,9H2,1H3. The van der Waals surface area contributed by atoms with Gasteiger partial charge >= 0.3 is 0 Å². The molecule has 0 aliphatic heterocycles. The Morgan fingerprint density at radius 2 is 1.96 bits per heavy atom. The predicted octanol–water partition coefficient (Wildman–Crippen LogP) is 2.25. The molecule has 0 N–H and O–H groups in total. The Hall–Kier alpha value is -3.75. The number of imidazole rings is 1. The molecule has 0 saturated carbocycles. The highest BCUT2D eigenvalue weighted by atomic mass is 16.5. The van der Waals surface area contributed by atoms with Gasteiger partial charge in [0.05, 0.1) is 11.7 Å². The summed E-state index contributed by atoms with van der Waals surface area (Å²) in [5, 5.41) is 14.7. The lowest BCUT2D eigenvalue weighted by atomic mass is 10.1. The number of nitrogens with zero attached hydrogens (tertiary/aromatic N) is 7. The summed E-state index contributed by atoms with van der Waals surface area (Å²) in [5.74, 6) is 1.64. The van der Waals surface area contributed by atoms with Crippen molar-refractivity contribution in [2.24, 2.45) is 7.05 Å². The highest BCUT2D eigenvalue weighted by Crippen LogP contribution is 2.29. The molecule has 5 rings (SSSR count). The monoisotopic (exact) mass is 347 g/mol. The Morgan fingerprint density at radius 1 is 1.08 bits per heavy atom. The van der Waals surface area contributed by atoms with Crippen LogP contribution in [0.15, 0.2) is 53.6 Å². The summed E-state index contributed by atoms with van der Waals surface area (Å²) in [6.45, 7) is 0.220. The van der Waals surface area contributed by atoms with Crippen LogP contribution in [0.5, 0.6) is 5.88 Å². The van der Waals surface area contributed by atoms with Crippen LogP contribution in [-0.4, -0.2) is 34.5 Å². The van der Waals surface area contributed by atoms with Gasteiger partial charge in [0.2, 0.25) is 5.88 Å². The fourth-order valence-corrected chi connectivity index (χ4v) is 2.86. The van der Waals surface area contributed by atoms with Crippen molar-refractivity contribution in [3.05, 3.63) is 54.9 Å². The van der Waals surface area contributed by atoms with Gasteiger partial charge in [-0.3, -0.25) is 4.68 Å². The van der Waals surface area contributed by atoms with Crippen LogP contribution in [0, 0.1) is 0 Å². The van der Waals surface area contributed by atoms with E-state index in [0.717, 1.165) is 16.3 Å². The topological polar surface area (TPSA) is 96.2 Å². The zero-order valence-electron chi connectivity index (χ0n) is 13.8. The zero-order valence-corrected chi connectivity index (χ0v) is 13.8. The number of ether oxygens (including phenoxy) is 1. The van der Waals surface area contributed by atoms with Gasteiger partial charge in [-0.05, 0) is 6.07 Å². The summed E-state index contributed by atoms with van der Waals surface area (Å²) in [4.78, 5) is 8.62. The first kappa shape index (κ1) is 14.6. The highest BCUT2D eigenvalue weighted by Gasteiger charge is 2.16. The summed E-state index contributed by atoms with van der Waals surface area (Å²) in [7, 11) is 1.81. The number of benzene rings is 1. The predicted molar refractivity (Wildman–Crippen MR) is 91.3 cm³/mol. The van der Waals surface area contributed by atoms with E-state index in [-0.39, 0.29) is 6.61 Å². The van der Waals surface area contributed by atoms with Crippen LogP contribution in [0.3, 0.4) is 0 Å².